The highest BCUT2D eigenvalue weighted by molar-refractivity contribution is 7.99. The Morgan fingerprint density at radius 1 is 1.27 bits per heavy atom. The summed E-state index contributed by atoms with van der Waals surface area (Å²) in [6.07, 6.45) is 5.60. The van der Waals surface area contributed by atoms with Gasteiger partial charge in [-0.2, -0.15) is 11.8 Å². The fraction of sp³-hybridized carbons (Fsp3) is 1.00. The van der Waals surface area contributed by atoms with E-state index in [2.05, 4.69) is 35.7 Å². The van der Waals surface area contributed by atoms with E-state index >= 15 is 0 Å². The van der Waals surface area contributed by atoms with Gasteiger partial charge in [-0.15, -0.1) is 0 Å². The van der Waals surface area contributed by atoms with Crippen LogP contribution in [0.25, 0.3) is 0 Å². The van der Waals surface area contributed by atoms with Gasteiger partial charge in [0, 0.05) is 18.6 Å². The molecule has 0 aromatic heterocycles. The van der Waals surface area contributed by atoms with Crippen LogP contribution in [0.4, 0.5) is 0 Å². The number of nitrogens with zero attached hydrogens (tertiary/aromatic N) is 2. The van der Waals surface area contributed by atoms with Gasteiger partial charge in [-0.3, -0.25) is 0 Å². The highest BCUT2D eigenvalue weighted by atomic mass is 32.2. The van der Waals surface area contributed by atoms with Crippen molar-refractivity contribution in [3.63, 3.8) is 0 Å². The number of thioether (sulfide) groups is 1. The number of rotatable bonds is 3. The lowest BCUT2D eigenvalue weighted by molar-refractivity contribution is 0.169. The summed E-state index contributed by atoms with van der Waals surface area (Å²) in [5.41, 5.74) is 0. The van der Waals surface area contributed by atoms with Crippen molar-refractivity contribution in [2.45, 2.75) is 37.8 Å². The summed E-state index contributed by atoms with van der Waals surface area (Å²) < 4.78 is 0. The molecule has 88 valence electrons. The Morgan fingerprint density at radius 2 is 2.00 bits per heavy atom. The molecule has 0 saturated carbocycles. The molecule has 2 aliphatic heterocycles. The highest BCUT2D eigenvalue weighted by Gasteiger charge is 2.25. The van der Waals surface area contributed by atoms with Gasteiger partial charge >= 0.3 is 0 Å². The zero-order valence-electron chi connectivity index (χ0n) is 10.1. The zero-order chi connectivity index (χ0) is 10.7. The van der Waals surface area contributed by atoms with Crippen LogP contribution in [0.2, 0.25) is 0 Å². The molecule has 0 aromatic rings. The fourth-order valence-electron chi connectivity index (χ4n) is 2.82. The predicted octanol–water partition coefficient (Wildman–Crippen LogP) is 1.91. The quantitative estimate of drug-likeness (QED) is 0.728. The second-order valence-electron chi connectivity index (χ2n) is 5.06. The van der Waals surface area contributed by atoms with Crippen LogP contribution < -0.4 is 0 Å². The average Bonchev–Trinajstić information content (AvgIpc) is 2.66. The van der Waals surface area contributed by atoms with Crippen LogP contribution in [0.15, 0.2) is 0 Å². The van der Waals surface area contributed by atoms with Gasteiger partial charge in [-0.25, -0.2) is 0 Å². The van der Waals surface area contributed by atoms with Crippen molar-refractivity contribution in [2.75, 3.05) is 38.7 Å². The SMILES string of the molecule is CN1CCCC1CN(C)C1CCSCC1. The highest BCUT2D eigenvalue weighted by Crippen LogP contribution is 2.23. The van der Waals surface area contributed by atoms with Crippen molar-refractivity contribution in [3.8, 4) is 0 Å². The van der Waals surface area contributed by atoms with Gasteiger partial charge in [0.15, 0.2) is 0 Å². The Morgan fingerprint density at radius 3 is 2.60 bits per heavy atom. The summed E-state index contributed by atoms with van der Waals surface area (Å²) >= 11 is 2.12. The molecular formula is C12H24N2S. The minimum absolute atomic E-state index is 0.824. The Kier molecular flexibility index (Phi) is 4.35. The van der Waals surface area contributed by atoms with E-state index in [9.17, 15) is 0 Å². The molecule has 0 spiro atoms. The number of likely N-dealkylation sites (tertiary alicyclic amines) is 1. The van der Waals surface area contributed by atoms with Crippen molar-refractivity contribution in [1.29, 1.82) is 0 Å². The van der Waals surface area contributed by atoms with E-state index in [0.29, 0.717) is 0 Å². The third kappa shape index (κ3) is 3.11. The normalized spacial score (nSPS) is 30.2. The van der Waals surface area contributed by atoms with Gasteiger partial charge in [-0.05, 0) is 57.8 Å². The first kappa shape index (κ1) is 11.7. The zero-order valence-corrected chi connectivity index (χ0v) is 10.9. The van der Waals surface area contributed by atoms with E-state index in [1.54, 1.807) is 0 Å². The van der Waals surface area contributed by atoms with Gasteiger partial charge in [0.1, 0.15) is 0 Å². The standard InChI is InChI=1S/C12H24N2S/c1-13-7-3-4-12(13)10-14(2)11-5-8-15-9-6-11/h11-12H,3-10H2,1-2H3. The third-order valence-electron chi connectivity index (χ3n) is 3.98. The summed E-state index contributed by atoms with van der Waals surface area (Å²) in [7, 11) is 4.61. The van der Waals surface area contributed by atoms with Crippen molar-refractivity contribution in [2.24, 2.45) is 0 Å². The average molecular weight is 228 g/mol. The molecule has 2 saturated heterocycles. The van der Waals surface area contributed by atoms with Crippen LogP contribution in [0.1, 0.15) is 25.7 Å². The molecule has 1 atom stereocenters. The summed E-state index contributed by atoms with van der Waals surface area (Å²) in [5, 5.41) is 0. The van der Waals surface area contributed by atoms with Gasteiger partial charge in [0.05, 0.1) is 0 Å². The third-order valence-corrected chi connectivity index (χ3v) is 5.03. The lowest BCUT2D eigenvalue weighted by Crippen LogP contribution is -2.42. The van der Waals surface area contributed by atoms with Crippen LogP contribution in [0.5, 0.6) is 0 Å². The predicted molar refractivity (Wildman–Crippen MR) is 68.6 cm³/mol. The molecular weight excluding hydrogens is 204 g/mol. The van der Waals surface area contributed by atoms with Crippen LogP contribution in [0.3, 0.4) is 0 Å². The van der Waals surface area contributed by atoms with Gasteiger partial charge in [0.2, 0.25) is 0 Å². The molecule has 15 heavy (non-hydrogen) atoms. The summed E-state index contributed by atoms with van der Waals surface area (Å²) in [5.74, 6) is 2.74. The number of hydrogen-bond donors (Lipinski definition) is 0. The Balaban J connectivity index is 1.77. The fourth-order valence-corrected chi connectivity index (χ4v) is 3.90. The van der Waals surface area contributed by atoms with E-state index < -0.39 is 0 Å². The van der Waals surface area contributed by atoms with E-state index in [0.717, 1.165) is 12.1 Å². The van der Waals surface area contributed by atoms with E-state index in [-0.39, 0.29) is 0 Å². The molecule has 0 N–H and O–H groups in total. The van der Waals surface area contributed by atoms with Crippen molar-refractivity contribution >= 4 is 11.8 Å². The molecule has 0 radical (unpaired) electrons. The minimum atomic E-state index is 0.824. The maximum absolute atomic E-state index is 2.62. The molecule has 0 bridgehead atoms. The summed E-state index contributed by atoms with van der Waals surface area (Å²) in [6.45, 7) is 2.59. The van der Waals surface area contributed by atoms with Crippen LogP contribution in [-0.2, 0) is 0 Å². The maximum atomic E-state index is 2.62. The second kappa shape index (κ2) is 5.55. The Labute approximate surface area is 98.4 Å². The smallest absolute Gasteiger partial charge is 0.0220 e. The lowest BCUT2D eigenvalue weighted by atomic mass is 10.1. The molecule has 2 nitrogen and oxygen atoms in total. The molecule has 2 aliphatic rings. The molecule has 2 heterocycles. The van der Waals surface area contributed by atoms with Crippen LogP contribution in [-0.4, -0.2) is 60.6 Å². The molecule has 3 heteroatoms. The molecule has 2 rings (SSSR count). The first-order valence-electron chi connectivity index (χ1n) is 6.25. The van der Waals surface area contributed by atoms with Gasteiger partial charge in [-0.1, -0.05) is 0 Å². The molecule has 1 unspecified atom stereocenters. The van der Waals surface area contributed by atoms with Crippen LogP contribution >= 0.6 is 11.8 Å². The van der Waals surface area contributed by atoms with Gasteiger partial charge < -0.3 is 9.80 Å². The van der Waals surface area contributed by atoms with Gasteiger partial charge in [0.25, 0.3) is 0 Å². The Bertz CT molecular complexity index is 192. The van der Waals surface area contributed by atoms with E-state index in [1.807, 2.05) is 0 Å². The van der Waals surface area contributed by atoms with Crippen LogP contribution in [0, 0.1) is 0 Å². The van der Waals surface area contributed by atoms with Crippen molar-refractivity contribution < 1.29 is 0 Å². The van der Waals surface area contributed by atoms with E-state index in [4.69, 9.17) is 0 Å². The van der Waals surface area contributed by atoms with Crippen molar-refractivity contribution in [3.05, 3.63) is 0 Å². The first-order chi connectivity index (χ1) is 7.27. The summed E-state index contributed by atoms with van der Waals surface area (Å²) in [4.78, 5) is 5.15. The monoisotopic (exact) mass is 228 g/mol. The maximum Gasteiger partial charge on any atom is 0.0220 e. The molecule has 0 aromatic carbocycles. The van der Waals surface area contributed by atoms with E-state index in [1.165, 1.54) is 50.3 Å². The molecule has 2 fully saturated rings. The number of hydrogen-bond acceptors (Lipinski definition) is 3. The summed E-state index contributed by atoms with van der Waals surface area (Å²) in [6, 6.07) is 1.69. The molecule has 0 aliphatic carbocycles. The Hall–Kier alpha value is 0.270. The topological polar surface area (TPSA) is 6.48 Å². The molecule has 0 amide bonds. The first-order valence-corrected chi connectivity index (χ1v) is 7.41. The number of likely N-dealkylation sites (N-methyl/N-ethyl adjacent to an activating group) is 2. The van der Waals surface area contributed by atoms with Crippen molar-refractivity contribution in [1.82, 2.24) is 9.80 Å². The largest absolute Gasteiger partial charge is 0.302 e. The second-order valence-corrected chi connectivity index (χ2v) is 6.28. The minimum Gasteiger partial charge on any atom is -0.302 e. The lowest BCUT2D eigenvalue weighted by Gasteiger charge is -2.34.